The maximum Gasteiger partial charge on any atom is 0.221 e. The van der Waals surface area contributed by atoms with Gasteiger partial charge >= 0.3 is 0 Å². The van der Waals surface area contributed by atoms with E-state index in [0.29, 0.717) is 6.42 Å². The molecule has 0 aromatic heterocycles. The molecule has 2 heteroatoms. The number of rotatable bonds is 1. The summed E-state index contributed by atoms with van der Waals surface area (Å²) in [6.45, 7) is 8.43. The SMILES string of the molecule is Cc1ccc(C2(C)CC(=O)NC2(C)C)cc1. The second-order valence-corrected chi connectivity index (χ2v) is 5.55. The summed E-state index contributed by atoms with van der Waals surface area (Å²) in [7, 11) is 0. The van der Waals surface area contributed by atoms with Gasteiger partial charge in [-0.25, -0.2) is 0 Å². The third-order valence-electron chi connectivity index (χ3n) is 4.03. The van der Waals surface area contributed by atoms with Gasteiger partial charge in [0, 0.05) is 17.4 Å². The molecule has 1 aliphatic rings. The summed E-state index contributed by atoms with van der Waals surface area (Å²) in [5.74, 6) is 0.146. The summed E-state index contributed by atoms with van der Waals surface area (Å²) >= 11 is 0. The first-order valence-corrected chi connectivity index (χ1v) is 5.73. The third kappa shape index (κ3) is 1.53. The van der Waals surface area contributed by atoms with E-state index in [0.717, 1.165) is 0 Å². The molecule has 1 heterocycles. The number of aryl methyl sites for hydroxylation is 1. The van der Waals surface area contributed by atoms with Crippen molar-refractivity contribution in [1.82, 2.24) is 5.32 Å². The number of benzene rings is 1. The summed E-state index contributed by atoms with van der Waals surface area (Å²) in [6, 6.07) is 8.49. The van der Waals surface area contributed by atoms with E-state index >= 15 is 0 Å². The molecule has 1 amide bonds. The second-order valence-electron chi connectivity index (χ2n) is 5.55. The molecule has 16 heavy (non-hydrogen) atoms. The first-order chi connectivity index (χ1) is 7.35. The average Bonchev–Trinajstić information content (AvgIpc) is 2.37. The van der Waals surface area contributed by atoms with Crippen LogP contribution < -0.4 is 5.32 Å². The minimum absolute atomic E-state index is 0.113. The van der Waals surface area contributed by atoms with Crippen LogP contribution in [0.3, 0.4) is 0 Å². The predicted octanol–water partition coefficient (Wildman–Crippen LogP) is 2.55. The Balaban J connectivity index is 2.46. The van der Waals surface area contributed by atoms with Crippen molar-refractivity contribution in [2.24, 2.45) is 0 Å². The number of carbonyl (C=O) groups excluding carboxylic acids is 1. The first-order valence-electron chi connectivity index (χ1n) is 5.73. The molecule has 1 aromatic rings. The summed E-state index contributed by atoms with van der Waals surface area (Å²) in [4.78, 5) is 11.6. The Labute approximate surface area is 97.1 Å². The van der Waals surface area contributed by atoms with Crippen molar-refractivity contribution in [3.8, 4) is 0 Å². The smallest absolute Gasteiger partial charge is 0.221 e. The lowest BCUT2D eigenvalue weighted by Gasteiger charge is -2.37. The van der Waals surface area contributed by atoms with Crippen molar-refractivity contribution in [2.45, 2.75) is 45.1 Å². The standard InChI is InChI=1S/C14H19NO/c1-10-5-7-11(8-6-10)14(4)9-12(16)15-13(14,2)3/h5-8H,9H2,1-4H3,(H,15,16). The Morgan fingerprint density at radius 3 is 2.12 bits per heavy atom. The summed E-state index contributed by atoms with van der Waals surface area (Å²) < 4.78 is 0. The van der Waals surface area contributed by atoms with E-state index in [9.17, 15) is 4.79 Å². The molecule has 0 aliphatic carbocycles. The Kier molecular flexibility index (Phi) is 2.33. The Morgan fingerprint density at radius 2 is 1.69 bits per heavy atom. The van der Waals surface area contributed by atoms with E-state index in [4.69, 9.17) is 0 Å². The van der Waals surface area contributed by atoms with Gasteiger partial charge in [0.25, 0.3) is 0 Å². The zero-order valence-corrected chi connectivity index (χ0v) is 10.4. The maximum atomic E-state index is 11.6. The number of nitrogens with one attached hydrogen (secondary N) is 1. The van der Waals surface area contributed by atoms with E-state index in [-0.39, 0.29) is 16.9 Å². The van der Waals surface area contributed by atoms with Crippen LogP contribution in [0.5, 0.6) is 0 Å². The highest BCUT2D eigenvalue weighted by molar-refractivity contribution is 5.82. The molecular formula is C14H19NO. The van der Waals surface area contributed by atoms with Gasteiger partial charge < -0.3 is 5.32 Å². The molecule has 2 nitrogen and oxygen atoms in total. The van der Waals surface area contributed by atoms with E-state index < -0.39 is 0 Å². The van der Waals surface area contributed by atoms with E-state index in [1.165, 1.54) is 11.1 Å². The summed E-state index contributed by atoms with van der Waals surface area (Å²) in [6.07, 6.45) is 0.572. The quantitative estimate of drug-likeness (QED) is 0.769. The fraction of sp³-hybridized carbons (Fsp3) is 0.500. The molecule has 0 spiro atoms. The Hall–Kier alpha value is -1.31. The Bertz CT molecular complexity index is 419. The number of carbonyl (C=O) groups is 1. The molecule has 1 N–H and O–H groups in total. The van der Waals surface area contributed by atoms with Gasteiger partial charge in [-0.2, -0.15) is 0 Å². The van der Waals surface area contributed by atoms with Crippen LogP contribution >= 0.6 is 0 Å². The zero-order chi connectivity index (χ0) is 12.0. The van der Waals surface area contributed by atoms with Crippen LogP contribution in [-0.4, -0.2) is 11.4 Å². The van der Waals surface area contributed by atoms with Crippen LogP contribution in [0.2, 0.25) is 0 Å². The molecule has 0 saturated carbocycles. The van der Waals surface area contributed by atoms with Gasteiger partial charge in [0.05, 0.1) is 0 Å². The highest BCUT2D eigenvalue weighted by Crippen LogP contribution is 2.42. The van der Waals surface area contributed by atoms with Gasteiger partial charge in [-0.3, -0.25) is 4.79 Å². The highest BCUT2D eigenvalue weighted by Gasteiger charge is 2.50. The van der Waals surface area contributed by atoms with Crippen molar-refractivity contribution < 1.29 is 4.79 Å². The van der Waals surface area contributed by atoms with Crippen molar-refractivity contribution >= 4 is 5.91 Å². The molecule has 1 fully saturated rings. The number of hydrogen-bond donors (Lipinski definition) is 1. The van der Waals surface area contributed by atoms with E-state index in [2.05, 4.69) is 57.3 Å². The second kappa shape index (κ2) is 3.34. The lowest BCUT2D eigenvalue weighted by atomic mass is 9.69. The minimum Gasteiger partial charge on any atom is -0.350 e. The largest absolute Gasteiger partial charge is 0.350 e. The predicted molar refractivity (Wildman–Crippen MR) is 65.4 cm³/mol. The molecule has 1 aliphatic heterocycles. The number of amides is 1. The zero-order valence-electron chi connectivity index (χ0n) is 10.4. The van der Waals surface area contributed by atoms with Crippen LogP contribution in [0.15, 0.2) is 24.3 Å². The van der Waals surface area contributed by atoms with Crippen molar-refractivity contribution in [3.63, 3.8) is 0 Å². The van der Waals surface area contributed by atoms with Crippen LogP contribution in [0.1, 0.15) is 38.3 Å². The molecule has 1 unspecified atom stereocenters. The molecule has 2 rings (SSSR count). The topological polar surface area (TPSA) is 29.1 Å². The van der Waals surface area contributed by atoms with Gasteiger partial charge in [0.1, 0.15) is 0 Å². The summed E-state index contributed by atoms with van der Waals surface area (Å²) in [5.41, 5.74) is 2.20. The van der Waals surface area contributed by atoms with Gasteiger partial charge in [0.15, 0.2) is 0 Å². The first kappa shape index (κ1) is 11.2. The third-order valence-corrected chi connectivity index (χ3v) is 4.03. The summed E-state index contributed by atoms with van der Waals surface area (Å²) in [5, 5.41) is 3.06. The van der Waals surface area contributed by atoms with Gasteiger partial charge in [-0.15, -0.1) is 0 Å². The van der Waals surface area contributed by atoms with Crippen molar-refractivity contribution in [2.75, 3.05) is 0 Å². The van der Waals surface area contributed by atoms with Crippen molar-refractivity contribution in [1.29, 1.82) is 0 Å². The average molecular weight is 217 g/mol. The minimum atomic E-state index is -0.181. The molecule has 1 saturated heterocycles. The van der Waals surface area contributed by atoms with E-state index in [1.54, 1.807) is 0 Å². The van der Waals surface area contributed by atoms with Gasteiger partial charge in [-0.1, -0.05) is 36.8 Å². The Morgan fingerprint density at radius 1 is 1.12 bits per heavy atom. The molecule has 1 aromatic carbocycles. The lowest BCUT2D eigenvalue weighted by molar-refractivity contribution is -0.119. The molecule has 0 bridgehead atoms. The van der Waals surface area contributed by atoms with Gasteiger partial charge in [0.2, 0.25) is 5.91 Å². The lowest BCUT2D eigenvalue weighted by Crippen LogP contribution is -2.48. The highest BCUT2D eigenvalue weighted by atomic mass is 16.2. The fourth-order valence-corrected chi connectivity index (χ4v) is 2.46. The van der Waals surface area contributed by atoms with Crippen LogP contribution in [0.4, 0.5) is 0 Å². The number of hydrogen-bond acceptors (Lipinski definition) is 1. The monoisotopic (exact) mass is 217 g/mol. The van der Waals surface area contributed by atoms with Crippen LogP contribution in [-0.2, 0) is 10.2 Å². The van der Waals surface area contributed by atoms with Crippen LogP contribution in [0.25, 0.3) is 0 Å². The maximum absolute atomic E-state index is 11.6. The molecule has 1 atom stereocenters. The van der Waals surface area contributed by atoms with E-state index in [1.807, 2.05) is 0 Å². The molecule has 86 valence electrons. The normalized spacial score (nSPS) is 27.9. The van der Waals surface area contributed by atoms with Gasteiger partial charge in [-0.05, 0) is 26.3 Å². The van der Waals surface area contributed by atoms with Crippen molar-refractivity contribution in [3.05, 3.63) is 35.4 Å². The molecular weight excluding hydrogens is 198 g/mol. The van der Waals surface area contributed by atoms with Crippen LogP contribution in [0, 0.1) is 6.92 Å². The molecule has 0 radical (unpaired) electrons. The fourth-order valence-electron chi connectivity index (χ4n) is 2.46.